The van der Waals surface area contributed by atoms with Gasteiger partial charge in [0.05, 0.1) is 17.6 Å². The number of imidazole rings is 1. The minimum atomic E-state index is -0.261. The van der Waals surface area contributed by atoms with E-state index >= 15 is 0 Å². The molecule has 0 saturated heterocycles. The third kappa shape index (κ3) is 3.32. The first-order valence-electron chi connectivity index (χ1n) is 8.32. The number of nitrogens with one attached hydrogen (secondary N) is 2. The summed E-state index contributed by atoms with van der Waals surface area (Å²) in [6, 6.07) is 16.9. The molecule has 0 radical (unpaired) electrons. The second-order valence-corrected chi connectivity index (χ2v) is 6.97. The number of carbonyl (C=O) groups is 1. The molecule has 2 aromatic carbocycles. The Morgan fingerprint density at radius 2 is 1.85 bits per heavy atom. The Hall–Kier alpha value is -3.45. The Bertz CT molecular complexity index is 1160. The lowest BCUT2D eigenvalue weighted by molar-refractivity contribution is 0.103. The molecule has 0 saturated carbocycles. The Balaban J connectivity index is 1.63. The Morgan fingerprint density at radius 1 is 1.11 bits per heavy atom. The number of aryl methyl sites for hydroxylation is 1. The molecule has 4 aromatic rings. The molecule has 6 nitrogen and oxygen atoms in total. The van der Waals surface area contributed by atoms with Gasteiger partial charge in [-0.05, 0) is 19.1 Å². The molecular formula is C20H16N4O2S. The summed E-state index contributed by atoms with van der Waals surface area (Å²) in [4.78, 5) is 32.3. The molecule has 0 fully saturated rings. The van der Waals surface area contributed by atoms with Crippen molar-refractivity contribution >= 4 is 22.9 Å². The number of benzene rings is 2. The van der Waals surface area contributed by atoms with Gasteiger partial charge >= 0.3 is 5.69 Å². The highest BCUT2D eigenvalue weighted by Crippen LogP contribution is 2.26. The summed E-state index contributed by atoms with van der Waals surface area (Å²) < 4.78 is 1.53. The van der Waals surface area contributed by atoms with Crippen molar-refractivity contribution in [3.63, 3.8) is 0 Å². The van der Waals surface area contributed by atoms with Gasteiger partial charge in [0.2, 0.25) is 0 Å². The minimum absolute atomic E-state index is 0.252. The van der Waals surface area contributed by atoms with E-state index in [-0.39, 0.29) is 11.6 Å². The average molecular weight is 376 g/mol. The predicted octanol–water partition coefficient (Wildman–Crippen LogP) is 3.85. The number of nitrogens with zero attached hydrogens (tertiary/aromatic N) is 2. The van der Waals surface area contributed by atoms with Gasteiger partial charge in [-0.15, -0.1) is 11.3 Å². The van der Waals surface area contributed by atoms with Gasteiger partial charge in [-0.2, -0.15) is 0 Å². The normalized spacial score (nSPS) is 10.7. The van der Waals surface area contributed by atoms with E-state index in [1.54, 1.807) is 24.5 Å². The highest BCUT2D eigenvalue weighted by molar-refractivity contribution is 7.17. The van der Waals surface area contributed by atoms with Crippen molar-refractivity contribution < 1.29 is 4.79 Å². The fraction of sp³-hybridized carbons (Fsp3) is 0.0500. The van der Waals surface area contributed by atoms with Gasteiger partial charge < -0.3 is 10.3 Å². The van der Waals surface area contributed by atoms with Gasteiger partial charge in [0.15, 0.2) is 0 Å². The number of rotatable bonds is 4. The van der Waals surface area contributed by atoms with Gasteiger partial charge in [-0.3, -0.25) is 9.36 Å². The summed E-state index contributed by atoms with van der Waals surface area (Å²) in [7, 11) is 0. The molecule has 0 atom stereocenters. The number of hydrogen-bond donors (Lipinski definition) is 2. The first kappa shape index (κ1) is 17.0. The summed E-state index contributed by atoms with van der Waals surface area (Å²) in [6.07, 6.45) is 3.20. The van der Waals surface area contributed by atoms with Crippen LogP contribution in [0.25, 0.3) is 16.3 Å². The molecule has 0 bridgehead atoms. The molecule has 1 amide bonds. The van der Waals surface area contributed by atoms with Crippen molar-refractivity contribution in [2.75, 3.05) is 5.32 Å². The number of amides is 1. The van der Waals surface area contributed by atoms with Gasteiger partial charge in [-0.1, -0.05) is 42.5 Å². The van der Waals surface area contributed by atoms with E-state index in [9.17, 15) is 9.59 Å². The number of aromatic nitrogens is 3. The van der Waals surface area contributed by atoms with Crippen LogP contribution in [-0.2, 0) is 0 Å². The molecule has 0 aliphatic rings. The fourth-order valence-corrected chi connectivity index (χ4v) is 3.62. The van der Waals surface area contributed by atoms with E-state index < -0.39 is 0 Å². The number of para-hydroxylation sites is 2. The molecule has 0 aliphatic heterocycles. The van der Waals surface area contributed by atoms with E-state index in [4.69, 9.17) is 0 Å². The van der Waals surface area contributed by atoms with Crippen LogP contribution in [0, 0.1) is 6.92 Å². The van der Waals surface area contributed by atoms with Gasteiger partial charge in [0.1, 0.15) is 9.88 Å². The zero-order valence-electron chi connectivity index (χ0n) is 14.5. The molecular weight excluding hydrogens is 360 g/mol. The Morgan fingerprint density at radius 3 is 2.59 bits per heavy atom. The maximum Gasteiger partial charge on any atom is 0.330 e. The quantitative estimate of drug-likeness (QED) is 0.568. The monoisotopic (exact) mass is 376 g/mol. The van der Waals surface area contributed by atoms with E-state index in [1.165, 1.54) is 15.9 Å². The maximum atomic E-state index is 12.7. The maximum absolute atomic E-state index is 12.7. The van der Waals surface area contributed by atoms with Crippen molar-refractivity contribution in [2.24, 2.45) is 0 Å². The molecule has 0 unspecified atom stereocenters. The molecule has 0 spiro atoms. The third-order valence-corrected chi connectivity index (χ3v) is 5.15. The molecule has 4 rings (SSSR count). The van der Waals surface area contributed by atoms with Crippen molar-refractivity contribution in [3.05, 3.63) is 88.0 Å². The van der Waals surface area contributed by atoms with Crippen LogP contribution in [-0.4, -0.2) is 20.4 Å². The van der Waals surface area contributed by atoms with Crippen molar-refractivity contribution in [2.45, 2.75) is 6.92 Å². The zero-order chi connectivity index (χ0) is 18.8. The van der Waals surface area contributed by atoms with Crippen molar-refractivity contribution in [1.82, 2.24) is 14.5 Å². The van der Waals surface area contributed by atoms with Gasteiger partial charge in [0, 0.05) is 17.5 Å². The summed E-state index contributed by atoms with van der Waals surface area (Å²) >= 11 is 1.33. The van der Waals surface area contributed by atoms with Gasteiger partial charge in [-0.25, -0.2) is 9.78 Å². The molecule has 27 heavy (non-hydrogen) atoms. The van der Waals surface area contributed by atoms with E-state index in [0.717, 1.165) is 16.3 Å². The lowest BCUT2D eigenvalue weighted by atomic mass is 10.2. The van der Waals surface area contributed by atoms with Crippen LogP contribution in [0.4, 0.5) is 5.69 Å². The van der Waals surface area contributed by atoms with Crippen LogP contribution >= 0.6 is 11.3 Å². The molecule has 0 aliphatic carbocycles. The Labute approximate surface area is 159 Å². The highest BCUT2D eigenvalue weighted by atomic mass is 32.1. The van der Waals surface area contributed by atoms with E-state index in [2.05, 4.69) is 15.3 Å². The first-order valence-corrected chi connectivity index (χ1v) is 9.14. The van der Waals surface area contributed by atoms with Crippen LogP contribution in [0.15, 0.2) is 71.8 Å². The summed E-state index contributed by atoms with van der Waals surface area (Å²) in [5, 5.41) is 3.68. The number of hydrogen-bond acceptors (Lipinski definition) is 4. The smallest absolute Gasteiger partial charge is 0.319 e. The van der Waals surface area contributed by atoms with Crippen molar-refractivity contribution in [3.8, 4) is 16.3 Å². The molecule has 2 N–H and O–H groups in total. The molecule has 2 aromatic heterocycles. The minimum Gasteiger partial charge on any atom is -0.319 e. The van der Waals surface area contributed by atoms with Crippen LogP contribution in [0.2, 0.25) is 0 Å². The van der Waals surface area contributed by atoms with E-state index in [1.807, 2.05) is 49.4 Å². The largest absolute Gasteiger partial charge is 0.330 e. The topological polar surface area (TPSA) is 79.8 Å². The fourth-order valence-electron chi connectivity index (χ4n) is 2.81. The van der Waals surface area contributed by atoms with Crippen molar-refractivity contribution in [1.29, 1.82) is 0 Å². The SMILES string of the molecule is Cc1c[nH]c(=O)n1-c1ccccc1NC(=O)c1cnc(-c2ccccc2)s1. The predicted molar refractivity (Wildman–Crippen MR) is 107 cm³/mol. The second kappa shape index (κ2) is 7.05. The Kier molecular flexibility index (Phi) is 4.43. The number of anilines is 1. The first-order chi connectivity index (χ1) is 13.1. The van der Waals surface area contributed by atoms with Crippen LogP contribution < -0.4 is 11.0 Å². The van der Waals surface area contributed by atoms with Gasteiger partial charge in [0.25, 0.3) is 5.91 Å². The number of thiazole rings is 1. The average Bonchev–Trinajstić information content (AvgIpc) is 3.30. The zero-order valence-corrected chi connectivity index (χ0v) is 15.3. The molecule has 7 heteroatoms. The summed E-state index contributed by atoms with van der Waals surface area (Å²) in [6.45, 7) is 1.83. The molecule has 2 heterocycles. The van der Waals surface area contributed by atoms with Crippen LogP contribution in [0.1, 0.15) is 15.4 Å². The number of H-pyrrole nitrogens is 1. The third-order valence-electron chi connectivity index (χ3n) is 4.10. The van der Waals surface area contributed by atoms with E-state index in [0.29, 0.717) is 16.3 Å². The lowest BCUT2D eigenvalue weighted by Gasteiger charge is -2.11. The van der Waals surface area contributed by atoms with Crippen LogP contribution in [0.5, 0.6) is 0 Å². The summed E-state index contributed by atoms with van der Waals surface area (Å²) in [5.41, 5.74) is 2.64. The second-order valence-electron chi connectivity index (χ2n) is 5.94. The standard InChI is InChI=1S/C20H16N4O2S/c1-13-11-22-20(26)24(13)16-10-6-5-9-15(16)23-18(25)17-12-21-19(27-17)14-7-3-2-4-8-14/h2-12H,1H3,(H,22,26)(H,23,25). The van der Waals surface area contributed by atoms with Crippen LogP contribution in [0.3, 0.4) is 0 Å². The molecule has 134 valence electrons. The lowest BCUT2D eigenvalue weighted by Crippen LogP contribution is -2.19. The number of carbonyl (C=O) groups excluding carboxylic acids is 1. The number of aromatic amines is 1. The highest BCUT2D eigenvalue weighted by Gasteiger charge is 2.15. The summed E-state index contributed by atoms with van der Waals surface area (Å²) in [5.74, 6) is -0.261.